The van der Waals surface area contributed by atoms with Gasteiger partial charge in [0.05, 0.1) is 0 Å². The number of hydrogen-bond acceptors (Lipinski definition) is 0. The first-order valence-corrected chi connectivity index (χ1v) is 6.31. The molecule has 1 N–H and O–H groups in total. The summed E-state index contributed by atoms with van der Waals surface area (Å²) in [5.41, 5.74) is 4.34. The lowest BCUT2D eigenvalue weighted by Crippen LogP contribution is -2.12. The van der Waals surface area contributed by atoms with Crippen LogP contribution in [0.5, 0.6) is 0 Å². The fraction of sp³-hybridized carbons (Fsp3) is 0.333. The summed E-state index contributed by atoms with van der Waals surface area (Å²) in [5.74, 6) is 0. The highest BCUT2D eigenvalue weighted by Gasteiger charge is 2.19. The minimum atomic E-state index is 0.813. The second kappa shape index (κ2) is 3.26. The van der Waals surface area contributed by atoms with Crippen molar-refractivity contribution in [3.8, 4) is 0 Å². The number of hydrogen-bond donors (Lipinski definition) is 1. The Bertz CT molecular complexity index is 472. The first-order chi connectivity index (χ1) is 6.84. The number of para-hydroxylation sites is 1. The number of rotatable bonds is 0. The van der Waals surface area contributed by atoms with E-state index >= 15 is 0 Å². The minimum absolute atomic E-state index is 0.813. The third kappa shape index (κ3) is 1.28. The fourth-order valence-electron chi connectivity index (χ4n) is 2.34. The summed E-state index contributed by atoms with van der Waals surface area (Å²) in [6, 6.07) is 8.65. The second-order valence-corrected chi connectivity index (χ2v) is 5.73. The topological polar surface area (TPSA) is 15.8 Å². The molecule has 1 atom stereocenters. The number of aromatic nitrogens is 1. The monoisotopic (exact) mass is 297 g/mol. The van der Waals surface area contributed by atoms with Gasteiger partial charge < -0.3 is 4.98 Å². The van der Waals surface area contributed by atoms with E-state index in [0.717, 1.165) is 3.92 Å². The third-order valence-corrected chi connectivity index (χ3v) is 4.10. The number of H-pyrrole nitrogens is 1. The lowest BCUT2D eigenvalue weighted by Gasteiger charge is -2.16. The van der Waals surface area contributed by atoms with Crippen molar-refractivity contribution in [2.24, 2.45) is 0 Å². The van der Waals surface area contributed by atoms with E-state index in [-0.39, 0.29) is 0 Å². The van der Waals surface area contributed by atoms with Crippen LogP contribution in [-0.4, -0.2) is 8.91 Å². The number of benzene rings is 1. The van der Waals surface area contributed by atoms with Crippen LogP contribution in [0, 0.1) is 0 Å². The molecule has 1 aromatic carbocycles. The van der Waals surface area contributed by atoms with Crippen molar-refractivity contribution in [1.29, 1.82) is 0 Å². The van der Waals surface area contributed by atoms with Gasteiger partial charge in [0.1, 0.15) is 0 Å². The minimum Gasteiger partial charge on any atom is -0.358 e. The molecule has 0 fully saturated rings. The molecule has 1 aromatic heterocycles. The number of alkyl halides is 1. The van der Waals surface area contributed by atoms with Crippen LogP contribution in [0.2, 0.25) is 0 Å². The van der Waals surface area contributed by atoms with Crippen LogP contribution in [0.3, 0.4) is 0 Å². The normalized spacial score (nSPS) is 21.1. The highest BCUT2D eigenvalue weighted by atomic mass is 127. The maximum Gasteiger partial charge on any atom is 0.0458 e. The molecule has 0 radical (unpaired) electrons. The van der Waals surface area contributed by atoms with E-state index < -0.39 is 0 Å². The summed E-state index contributed by atoms with van der Waals surface area (Å²) in [6.45, 7) is 0. The molecule has 1 heterocycles. The Kier molecular flexibility index (Phi) is 2.04. The summed E-state index contributed by atoms with van der Waals surface area (Å²) in [4.78, 5) is 3.54. The van der Waals surface area contributed by atoms with Gasteiger partial charge in [-0.25, -0.2) is 0 Å². The van der Waals surface area contributed by atoms with Crippen molar-refractivity contribution in [3.63, 3.8) is 0 Å². The van der Waals surface area contributed by atoms with Crippen molar-refractivity contribution in [2.45, 2.75) is 23.2 Å². The molecule has 14 heavy (non-hydrogen) atoms. The maximum atomic E-state index is 3.54. The van der Waals surface area contributed by atoms with Crippen molar-refractivity contribution < 1.29 is 0 Å². The molecule has 0 spiro atoms. The Morgan fingerprint density at radius 2 is 2.14 bits per heavy atom. The van der Waals surface area contributed by atoms with Gasteiger partial charge in [0.15, 0.2) is 0 Å². The lowest BCUT2D eigenvalue weighted by atomic mass is 9.96. The zero-order valence-corrected chi connectivity index (χ0v) is 10.0. The van der Waals surface area contributed by atoms with E-state index in [9.17, 15) is 0 Å². The van der Waals surface area contributed by atoms with Gasteiger partial charge in [-0.2, -0.15) is 0 Å². The molecule has 3 rings (SSSR count). The Hall–Kier alpha value is -0.510. The molecule has 72 valence electrons. The molecule has 2 aromatic rings. The molecule has 1 aliphatic rings. The van der Waals surface area contributed by atoms with Gasteiger partial charge in [-0.05, 0) is 30.9 Å². The molecular formula is C12H12IN. The van der Waals surface area contributed by atoms with E-state index in [0.29, 0.717) is 0 Å². The zero-order chi connectivity index (χ0) is 9.54. The van der Waals surface area contributed by atoms with Crippen LogP contribution >= 0.6 is 22.6 Å². The van der Waals surface area contributed by atoms with Crippen LogP contribution in [0.4, 0.5) is 0 Å². The molecule has 0 saturated carbocycles. The van der Waals surface area contributed by atoms with Crippen molar-refractivity contribution >= 4 is 33.5 Å². The standard InChI is InChI=1S/C12H12IN/c13-8-5-6-10-9-3-1-2-4-11(9)14-12(10)7-8/h1-4,8,14H,5-7H2. The van der Waals surface area contributed by atoms with Gasteiger partial charge in [-0.3, -0.25) is 0 Å². The number of aryl methyl sites for hydroxylation is 1. The average molecular weight is 297 g/mol. The van der Waals surface area contributed by atoms with Gasteiger partial charge in [-0.15, -0.1) is 0 Å². The predicted octanol–water partition coefficient (Wildman–Crippen LogP) is 3.46. The summed E-state index contributed by atoms with van der Waals surface area (Å²) in [5, 5.41) is 1.44. The van der Waals surface area contributed by atoms with Crippen LogP contribution in [0.25, 0.3) is 10.9 Å². The SMILES string of the molecule is IC1CCc2c([nH]c3ccccc23)C1. The van der Waals surface area contributed by atoms with Gasteiger partial charge in [0, 0.05) is 20.5 Å². The van der Waals surface area contributed by atoms with E-state index in [4.69, 9.17) is 0 Å². The van der Waals surface area contributed by atoms with Gasteiger partial charge in [0.25, 0.3) is 0 Å². The zero-order valence-electron chi connectivity index (χ0n) is 7.89. The third-order valence-electron chi connectivity index (χ3n) is 3.04. The predicted molar refractivity (Wildman–Crippen MR) is 68.1 cm³/mol. The number of halogens is 1. The van der Waals surface area contributed by atoms with E-state index in [1.165, 1.54) is 35.9 Å². The van der Waals surface area contributed by atoms with E-state index in [2.05, 4.69) is 51.8 Å². The van der Waals surface area contributed by atoms with Crippen LogP contribution in [0.15, 0.2) is 24.3 Å². The van der Waals surface area contributed by atoms with Gasteiger partial charge >= 0.3 is 0 Å². The molecule has 2 heteroatoms. The Morgan fingerprint density at radius 3 is 3.07 bits per heavy atom. The average Bonchev–Trinajstić information content (AvgIpc) is 2.54. The van der Waals surface area contributed by atoms with Gasteiger partial charge in [0.2, 0.25) is 0 Å². The number of fused-ring (bicyclic) bond motifs is 3. The summed E-state index contributed by atoms with van der Waals surface area (Å²) in [7, 11) is 0. The summed E-state index contributed by atoms with van der Waals surface area (Å²) >= 11 is 2.56. The summed E-state index contributed by atoms with van der Waals surface area (Å²) in [6.07, 6.45) is 3.78. The van der Waals surface area contributed by atoms with Crippen molar-refractivity contribution in [1.82, 2.24) is 4.98 Å². The smallest absolute Gasteiger partial charge is 0.0458 e. The van der Waals surface area contributed by atoms with E-state index in [1.807, 2.05) is 0 Å². The first kappa shape index (κ1) is 8.77. The highest BCUT2D eigenvalue weighted by molar-refractivity contribution is 14.1. The number of aromatic amines is 1. The van der Waals surface area contributed by atoms with Crippen LogP contribution < -0.4 is 0 Å². The highest BCUT2D eigenvalue weighted by Crippen LogP contribution is 2.31. The number of nitrogens with one attached hydrogen (secondary N) is 1. The van der Waals surface area contributed by atoms with Crippen LogP contribution in [-0.2, 0) is 12.8 Å². The maximum absolute atomic E-state index is 3.54. The van der Waals surface area contributed by atoms with Gasteiger partial charge in [-0.1, -0.05) is 40.8 Å². The molecule has 0 aliphatic heterocycles. The molecule has 1 aliphatic carbocycles. The molecule has 1 unspecified atom stereocenters. The molecule has 0 saturated heterocycles. The quantitative estimate of drug-likeness (QED) is 0.566. The fourth-order valence-corrected chi connectivity index (χ4v) is 3.09. The van der Waals surface area contributed by atoms with Crippen LogP contribution in [0.1, 0.15) is 17.7 Å². The summed E-state index contributed by atoms with van der Waals surface area (Å²) < 4.78 is 0.813. The molecule has 0 amide bonds. The Morgan fingerprint density at radius 1 is 1.29 bits per heavy atom. The largest absolute Gasteiger partial charge is 0.358 e. The first-order valence-electron chi connectivity index (χ1n) is 5.07. The Balaban J connectivity index is 2.24. The van der Waals surface area contributed by atoms with Crippen molar-refractivity contribution in [3.05, 3.63) is 35.5 Å². The second-order valence-electron chi connectivity index (χ2n) is 3.97. The van der Waals surface area contributed by atoms with E-state index in [1.54, 1.807) is 5.56 Å². The lowest BCUT2D eigenvalue weighted by molar-refractivity contribution is 0.717. The molecule has 1 nitrogen and oxygen atoms in total. The van der Waals surface area contributed by atoms with Crippen molar-refractivity contribution in [2.75, 3.05) is 0 Å². The molecular weight excluding hydrogens is 285 g/mol. The molecule has 0 bridgehead atoms. The Labute approximate surface area is 97.0 Å².